The summed E-state index contributed by atoms with van der Waals surface area (Å²) in [6.07, 6.45) is 0. The van der Waals surface area contributed by atoms with Gasteiger partial charge in [-0.25, -0.2) is 0 Å². The van der Waals surface area contributed by atoms with Crippen molar-refractivity contribution in [2.75, 3.05) is 0 Å². The Labute approximate surface area is 128 Å². The van der Waals surface area contributed by atoms with E-state index in [9.17, 15) is 0 Å². The molecule has 0 aliphatic carbocycles. The van der Waals surface area contributed by atoms with Crippen LogP contribution in [0.2, 0.25) is 5.02 Å². The molecule has 2 rings (SSSR count). The number of ether oxygens (including phenoxy) is 1. The number of hydrogen-bond acceptors (Lipinski definition) is 1. The predicted molar refractivity (Wildman–Crippen MR) is 81.4 cm³/mol. The Morgan fingerprint density at radius 1 is 1.11 bits per heavy atom. The SMILES string of the molecule is Cc1ccccc1OCc1cc(Cl)ccc1C(Cl)Cl. The van der Waals surface area contributed by atoms with Gasteiger partial charge in [-0.2, -0.15) is 0 Å². The minimum Gasteiger partial charge on any atom is -0.489 e. The number of alkyl halides is 2. The van der Waals surface area contributed by atoms with Crippen LogP contribution in [0.15, 0.2) is 42.5 Å². The summed E-state index contributed by atoms with van der Waals surface area (Å²) in [7, 11) is 0. The molecule has 0 fully saturated rings. The lowest BCUT2D eigenvalue weighted by Gasteiger charge is -2.13. The van der Waals surface area contributed by atoms with Gasteiger partial charge in [0.05, 0.1) is 0 Å². The third-order valence-corrected chi connectivity index (χ3v) is 3.52. The van der Waals surface area contributed by atoms with Crippen molar-refractivity contribution < 1.29 is 4.74 Å². The predicted octanol–water partition coefficient (Wildman–Crippen LogP) is 5.70. The number of benzene rings is 2. The second-order valence-electron chi connectivity index (χ2n) is 4.20. The van der Waals surface area contributed by atoms with Gasteiger partial charge in [-0.05, 0) is 41.8 Å². The van der Waals surface area contributed by atoms with Crippen molar-refractivity contribution in [3.63, 3.8) is 0 Å². The van der Waals surface area contributed by atoms with Gasteiger partial charge in [0, 0.05) is 5.02 Å². The molecular weight excluding hydrogens is 303 g/mol. The summed E-state index contributed by atoms with van der Waals surface area (Å²) in [5, 5.41) is 0.640. The van der Waals surface area contributed by atoms with E-state index in [-0.39, 0.29) is 0 Å². The molecule has 2 aromatic carbocycles. The van der Waals surface area contributed by atoms with Gasteiger partial charge in [0.15, 0.2) is 0 Å². The van der Waals surface area contributed by atoms with Crippen molar-refractivity contribution in [3.05, 3.63) is 64.2 Å². The summed E-state index contributed by atoms with van der Waals surface area (Å²) >= 11 is 17.9. The highest BCUT2D eigenvalue weighted by atomic mass is 35.5. The zero-order chi connectivity index (χ0) is 13.8. The molecule has 0 heterocycles. The van der Waals surface area contributed by atoms with Gasteiger partial charge in [0.25, 0.3) is 0 Å². The fourth-order valence-electron chi connectivity index (χ4n) is 1.79. The zero-order valence-corrected chi connectivity index (χ0v) is 12.6. The molecule has 0 aliphatic heterocycles. The van der Waals surface area contributed by atoms with Gasteiger partial charge >= 0.3 is 0 Å². The van der Waals surface area contributed by atoms with Crippen molar-refractivity contribution in [3.8, 4) is 5.75 Å². The van der Waals surface area contributed by atoms with Crippen molar-refractivity contribution in [2.24, 2.45) is 0 Å². The van der Waals surface area contributed by atoms with E-state index >= 15 is 0 Å². The molecule has 0 unspecified atom stereocenters. The Morgan fingerprint density at radius 3 is 2.53 bits per heavy atom. The van der Waals surface area contributed by atoms with Crippen LogP contribution in [0.25, 0.3) is 0 Å². The van der Waals surface area contributed by atoms with Crippen LogP contribution in [0, 0.1) is 6.92 Å². The molecule has 0 saturated carbocycles. The monoisotopic (exact) mass is 314 g/mol. The number of rotatable bonds is 4. The summed E-state index contributed by atoms with van der Waals surface area (Å²) in [4.78, 5) is -0.590. The Hall–Kier alpha value is -0.890. The first-order valence-corrected chi connectivity index (χ1v) is 7.08. The normalized spacial score (nSPS) is 10.8. The lowest BCUT2D eigenvalue weighted by atomic mass is 10.1. The zero-order valence-electron chi connectivity index (χ0n) is 10.4. The smallest absolute Gasteiger partial charge is 0.133 e. The van der Waals surface area contributed by atoms with E-state index in [1.165, 1.54) is 0 Å². The average molecular weight is 316 g/mol. The van der Waals surface area contributed by atoms with E-state index < -0.39 is 4.84 Å². The fraction of sp³-hybridized carbons (Fsp3) is 0.200. The molecule has 2 aromatic rings. The van der Waals surface area contributed by atoms with E-state index in [1.807, 2.05) is 43.3 Å². The molecule has 100 valence electrons. The molecule has 0 radical (unpaired) electrons. The third kappa shape index (κ3) is 3.79. The first-order chi connectivity index (χ1) is 9.08. The molecule has 0 atom stereocenters. The number of hydrogen-bond donors (Lipinski definition) is 0. The Kier molecular flexibility index (Phi) is 4.98. The van der Waals surface area contributed by atoms with Gasteiger partial charge in [0.2, 0.25) is 0 Å². The Bertz CT molecular complexity index is 567. The minimum absolute atomic E-state index is 0.386. The van der Waals surface area contributed by atoms with Gasteiger partial charge in [-0.1, -0.05) is 35.9 Å². The van der Waals surface area contributed by atoms with Crippen LogP contribution in [0.5, 0.6) is 5.75 Å². The van der Waals surface area contributed by atoms with E-state index in [2.05, 4.69) is 0 Å². The molecule has 0 amide bonds. The molecule has 0 bridgehead atoms. The number of halogens is 3. The highest BCUT2D eigenvalue weighted by Crippen LogP contribution is 2.30. The summed E-state index contributed by atoms with van der Waals surface area (Å²) in [6.45, 7) is 2.39. The maximum Gasteiger partial charge on any atom is 0.133 e. The third-order valence-electron chi connectivity index (χ3n) is 2.82. The minimum atomic E-state index is -0.590. The van der Waals surface area contributed by atoms with Gasteiger partial charge in [-0.3, -0.25) is 0 Å². The summed E-state index contributed by atoms with van der Waals surface area (Å²) in [5.41, 5.74) is 2.80. The van der Waals surface area contributed by atoms with Gasteiger partial charge in [-0.15, -0.1) is 23.2 Å². The van der Waals surface area contributed by atoms with Gasteiger partial charge < -0.3 is 4.74 Å². The molecule has 0 saturated heterocycles. The van der Waals surface area contributed by atoms with Crippen LogP contribution >= 0.6 is 34.8 Å². The first kappa shape index (κ1) is 14.5. The molecule has 0 aromatic heterocycles. The Balaban J connectivity index is 2.19. The van der Waals surface area contributed by atoms with Crippen LogP contribution in [0.3, 0.4) is 0 Å². The molecule has 1 nitrogen and oxygen atoms in total. The second-order valence-corrected chi connectivity index (χ2v) is 5.73. The van der Waals surface area contributed by atoms with Crippen molar-refractivity contribution >= 4 is 34.8 Å². The van der Waals surface area contributed by atoms with Crippen molar-refractivity contribution in [1.29, 1.82) is 0 Å². The second kappa shape index (κ2) is 6.51. The number of para-hydroxylation sites is 1. The quantitative estimate of drug-likeness (QED) is 0.657. The standard InChI is InChI=1S/C15H13Cl3O/c1-10-4-2-3-5-14(10)19-9-11-8-12(16)6-7-13(11)15(17)18/h2-8,15H,9H2,1H3. The molecule has 4 heteroatoms. The van der Waals surface area contributed by atoms with Crippen LogP contribution in [0.4, 0.5) is 0 Å². The lowest BCUT2D eigenvalue weighted by molar-refractivity contribution is 0.303. The summed E-state index contributed by atoms with van der Waals surface area (Å²) in [6, 6.07) is 13.3. The first-order valence-electron chi connectivity index (χ1n) is 5.83. The fourth-order valence-corrected chi connectivity index (χ4v) is 2.41. The Morgan fingerprint density at radius 2 is 1.84 bits per heavy atom. The molecule has 0 spiro atoms. The van der Waals surface area contributed by atoms with E-state index in [1.54, 1.807) is 6.07 Å². The van der Waals surface area contributed by atoms with Crippen LogP contribution < -0.4 is 4.74 Å². The highest BCUT2D eigenvalue weighted by molar-refractivity contribution is 6.44. The topological polar surface area (TPSA) is 9.23 Å². The van der Waals surface area contributed by atoms with Crippen LogP contribution in [-0.2, 0) is 6.61 Å². The molecule has 19 heavy (non-hydrogen) atoms. The highest BCUT2D eigenvalue weighted by Gasteiger charge is 2.11. The molecule has 0 aliphatic rings. The summed E-state index contributed by atoms with van der Waals surface area (Å²) in [5.74, 6) is 0.842. The largest absolute Gasteiger partial charge is 0.489 e. The number of aryl methyl sites for hydroxylation is 1. The lowest BCUT2D eigenvalue weighted by Crippen LogP contribution is -2.01. The maximum atomic E-state index is 5.99. The van der Waals surface area contributed by atoms with Gasteiger partial charge in [0.1, 0.15) is 17.2 Å². The summed E-state index contributed by atoms with van der Waals surface area (Å²) < 4.78 is 5.79. The maximum absolute atomic E-state index is 5.99. The molecule has 0 N–H and O–H groups in total. The van der Waals surface area contributed by atoms with E-state index in [0.717, 1.165) is 22.4 Å². The van der Waals surface area contributed by atoms with Crippen molar-refractivity contribution in [1.82, 2.24) is 0 Å². The van der Waals surface area contributed by atoms with E-state index in [0.29, 0.717) is 11.6 Å². The van der Waals surface area contributed by atoms with Crippen molar-refractivity contribution in [2.45, 2.75) is 18.4 Å². The molecular formula is C15H13Cl3O. The average Bonchev–Trinajstić information content (AvgIpc) is 2.37. The van der Waals surface area contributed by atoms with E-state index in [4.69, 9.17) is 39.5 Å². The van der Waals surface area contributed by atoms with Crippen LogP contribution in [0.1, 0.15) is 21.5 Å². The van der Waals surface area contributed by atoms with Crippen LogP contribution in [-0.4, -0.2) is 0 Å².